The fraction of sp³-hybridized carbons (Fsp3) is 0.400. The van der Waals surface area contributed by atoms with Gasteiger partial charge in [0.25, 0.3) is 0 Å². The highest BCUT2D eigenvalue weighted by molar-refractivity contribution is 9.10. The number of hydrogen-bond acceptors (Lipinski definition) is 3. The fourth-order valence-electron chi connectivity index (χ4n) is 1.95. The average Bonchev–Trinajstić information content (AvgIpc) is 2.86. The van der Waals surface area contributed by atoms with Gasteiger partial charge in [-0.2, -0.15) is 0 Å². The van der Waals surface area contributed by atoms with Crippen LogP contribution in [-0.4, -0.2) is 22.8 Å². The molecule has 0 saturated heterocycles. The predicted molar refractivity (Wildman–Crippen MR) is 85.5 cm³/mol. The van der Waals surface area contributed by atoms with Crippen LogP contribution in [0, 0.1) is 6.92 Å². The zero-order valence-corrected chi connectivity index (χ0v) is 13.5. The van der Waals surface area contributed by atoms with Crippen LogP contribution in [0.5, 0.6) is 0 Å². The Hall–Kier alpha value is -1.33. The Morgan fingerprint density at radius 1 is 1.40 bits per heavy atom. The minimum Gasteiger partial charge on any atom is -0.382 e. The highest BCUT2D eigenvalue weighted by Crippen LogP contribution is 2.22. The number of halogens is 1. The molecule has 108 valence electrons. The van der Waals surface area contributed by atoms with Crippen molar-refractivity contribution in [2.45, 2.75) is 26.8 Å². The molecule has 2 aromatic rings. The van der Waals surface area contributed by atoms with Gasteiger partial charge in [-0.1, -0.05) is 15.9 Å². The van der Waals surface area contributed by atoms with Crippen LogP contribution in [0.4, 0.5) is 11.6 Å². The lowest BCUT2D eigenvalue weighted by Crippen LogP contribution is -2.06. The molecule has 1 heterocycles. The molecule has 0 atom stereocenters. The van der Waals surface area contributed by atoms with Gasteiger partial charge < -0.3 is 14.6 Å². The summed E-state index contributed by atoms with van der Waals surface area (Å²) in [6, 6.07) is 6.18. The van der Waals surface area contributed by atoms with E-state index in [1.165, 1.54) is 5.56 Å². The van der Waals surface area contributed by atoms with E-state index in [1.54, 1.807) is 0 Å². The molecule has 1 aromatic heterocycles. The quantitative estimate of drug-likeness (QED) is 0.772. The first-order valence-electron chi connectivity index (χ1n) is 6.82. The van der Waals surface area contributed by atoms with Crippen molar-refractivity contribution in [3.63, 3.8) is 0 Å². The van der Waals surface area contributed by atoms with Gasteiger partial charge in [-0.25, -0.2) is 4.98 Å². The third kappa shape index (κ3) is 4.08. The van der Waals surface area contributed by atoms with Crippen molar-refractivity contribution in [3.05, 3.63) is 40.6 Å². The Balaban J connectivity index is 1.99. The second kappa shape index (κ2) is 7.45. The fourth-order valence-corrected chi connectivity index (χ4v) is 2.19. The Morgan fingerprint density at radius 2 is 2.25 bits per heavy atom. The molecule has 0 aliphatic carbocycles. The number of imidazole rings is 1. The lowest BCUT2D eigenvalue weighted by Gasteiger charge is -2.11. The number of rotatable bonds is 7. The van der Waals surface area contributed by atoms with Crippen molar-refractivity contribution < 1.29 is 4.74 Å². The summed E-state index contributed by atoms with van der Waals surface area (Å²) >= 11 is 3.51. The minimum absolute atomic E-state index is 0.771. The first-order valence-corrected chi connectivity index (χ1v) is 7.62. The summed E-state index contributed by atoms with van der Waals surface area (Å²) in [5.41, 5.74) is 2.24. The maximum absolute atomic E-state index is 5.36. The van der Waals surface area contributed by atoms with Crippen LogP contribution in [-0.2, 0) is 11.3 Å². The van der Waals surface area contributed by atoms with Gasteiger partial charge in [0.05, 0.1) is 0 Å². The Morgan fingerprint density at radius 3 is 3.00 bits per heavy atom. The van der Waals surface area contributed by atoms with E-state index in [-0.39, 0.29) is 0 Å². The third-order valence-corrected chi connectivity index (χ3v) is 3.91. The number of hydrogen-bond donors (Lipinski definition) is 1. The molecule has 20 heavy (non-hydrogen) atoms. The summed E-state index contributed by atoms with van der Waals surface area (Å²) in [5.74, 6) is 0.864. The molecule has 0 fully saturated rings. The van der Waals surface area contributed by atoms with Gasteiger partial charge in [-0.15, -0.1) is 0 Å². The molecule has 0 radical (unpaired) electrons. The molecule has 0 amide bonds. The molecule has 0 bridgehead atoms. The summed E-state index contributed by atoms with van der Waals surface area (Å²) in [6.45, 7) is 6.54. The smallest absolute Gasteiger partial charge is 0.207 e. The Bertz CT molecular complexity index is 554. The molecule has 1 N–H and O–H groups in total. The number of nitrogens with zero attached hydrogens (tertiary/aromatic N) is 2. The number of aryl methyl sites for hydroxylation is 2. The molecular weight excluding hydrogens is 318 g/mol. The molecule has 0 aliphatic rings. The van der Waals surface area contributed by atoms with E-state index in [0.29, 0.717) is 0 Å². The average molecular weight is 338 g/mol. The Kier molecular flexibility index (Phi) is 5.61. The number of ether oxygens (including phenoxy) is 1. The van der Waals surface area contributed by atoms with Gasteiger partial charge in [0.2, 0.25) is 5.95 Å². The highest BCUT2D eigenvalue weighted by atomic mass is 79.9. The summed E-state index contributed by atoms with van der Waals surface area (Å²) in [7, 11) is 0. The van der Waals surface area contributed by atoms with Crippen molar-refractivity contribution in [3.8, 4) is 0 Å². The summed E-state index contributed by atoms with van der Waals surface area (Å²) in [6.07, 6.45) is 4.78. The molecule has 2 rings (SSSR count). The van der Waals surface area contributed by atoms with Crippen LogP contribution in [0.2, 0.25) is 0 Å². The molecule has 0 aliphatic heterocycles. The number of anilines is 2. The zero-order chi connectivity index (χ0) is 14.4. The maximum Gasteiger partial charge on any atom is 0.207 e. The molecule has 1 aromatic carbocycles. The normalized spacial score (nSPS) is 10.8. The van der Waals surface area contributed by atoms with Crippen LogP contribution in [0.3, 0.4) is 0 Å². The topological polar surface area (TPSA) is 39.1 Å². The van der Waals surface area contributed by atoms with Gasteiger partial charge in [0, 0.05) is 42.3 Å². The van der Waals surface area contributed by atoms with Crippen LogP contribution in [0.15, 0.2) is 35.1 Å². The lowest BCUT2D eigenvalue weighted by molar-refractivity contribution is 0.142. The summed E-state index contributed by atoms with van der Waals surface area (Å²) in [5, 5.41) is 3.35. The minimum atomic E-state index is 0.771. The first-order chi connectivity index (χ1) is 9.70. The van der Waals surface area contributed by atoms with E-state index < -0.39 is 0 Å². The van der Waals surface area contributed by atoms with Gasteiger partial charge in [-0.05, 0) is 44.0 Å². The molecular formula is C15H20BrN3O. The largest absolute Gasteiger partial charge is 0.382 e. The van der Waals surface area contributed by atoms with Crippen LogP contribution in [0.1, 0.15) is 18.9 Å². The Labute approximate surface area is 128 Å². The van der Waals surface area contributed by atoms with Crippen molar-refractivity contribution in [1.29, 1.82) is 0 Å². The van der Waals surface area contributed by atoms with E-state index in [2.05, 4.69) is 43.8 Å². The highest BCUT2D eigenvalue weighted by Gasteiger charge is 2.04. The van der Waals surface area contributed by atoms with Crippen molar-refractivity contribution >= 4 is 27.6 Å². The monoisotopic (exact) mass is 337 g/mol. The predicted octanol–water partition coefficient (Wildman–Crippen LogP) is 4.12. The van der Waals surface area contributed by atoms with E-state index in [4.69, 9.17) is 4.74 Å². The number of nitrogens with one attached hydrogen (secondary N) is 1. The van der Waals surface area contributed by atoms with Crippen molar-refractivity contribution in [2.24, 2.45) is 0 Å². The zero-order valence-electron chi connectivity index (χ0n) is 11.9. The summed E-state index contributed by atoms with van der Waals surface area (Å²) in [4.78, 5) is 4.36. The molecule has 0 unspecified atom stereocenters. The number of aromatic nitrogens is 2. The molecule has 0 spiro atoms. The molecule has 4 nitrogen and oxygen atoms in total. The maximum atomic E-state index is 5.36. The van der Waals surface area contributed by atoms with Crippen LogP contribution >= 0.6 is 15.9 Å². The van der Waals surface area contributed by atoms with Gasteiger partial charge in [-0.3, -0.25) is 0 Å². The third-order valence-electron chi connectivity index (χ3n) is 3.02. The van der Waals surface area contributed by atoms with E-state index in [9.17, 15) is 0 Å². The van der Waals surface area contributed by atoms with E-state index >= 15 is 0 Å². The van der Waals surface area contributed by atoms with Gasteiger partial charge in [0.15, 0.2) is 0 Å². The van der Waals surface area contributed by atoms with Gasteiger partial charge in [0.1, 0.15) is 0 Å². The van der Waals surface area contributed by atoms with Gasteiger partial charge >= 0.3 is 0 Å². The molecule has 5 heteroatoms. The lowest BCUT2D eigenvalue weighted by atomic mass is 10.2. The molecule has 0 saturated carbocycles. The van der Waals surface area contributed by atoms with E-state index in [0.717, 1.165) is 42.3 Å². The van der Waals surface area contributed by atoms with Crippen LogP contribution < -0.4 is 5.32 Å². The number of benzene rings is 1. The second-order valence-corrected chi connectivity index (χ2v) is 5.44. The van der Waals surface area contributed by atoms with Crippen molar-refractivity contribution in [1.82, 2.24) is 9.55 Å². The van der Waals surface area contributed by atoms with Crippen LogP contribution in [0.25, 0.3) is 0 Å². The standard InChI is InChI=1S/C15H20BrN3O/c1-3-20-10-4-8-19-9-7-17-15(19)18-13-5-6-14(16)12(2)11-13/h5-7,9,11H,3-4,8,10H2,1-2H3,(H,17,18). The first kappa shape index (κ1) is 15.1. The van der Waals surface area contributed by atoms with Crippen molar-refractivity contribution in [2.75, 3.05) is 18.5 Å². The van der Waals surface area contributed by atoms with E-state index in [1.807, 2.05) is 31.5 Å². The second-order valence-electron chi connectivity index (χ2n) is 4.58. The SMILES string of the molecule is CCOCCCn1ccnc1Nc1ccc(Br)c(C)c1. The summed E-state index contributed by atoms with van der Waals surface area (Å²) < 4.78 is 8.58.